The molecule has 5 nitrogen and oxygen atoms in total. The van der Waals surface area contributed by atoms with Crippen molar-refractivity contribution in [2.45, 2.75) is 38.8 Å². The lowest BCUT2D eigenvalue weighted by Gasteiger charge is -2.33. The molecule has 4 rings (SSSR count). The third kappa shape index (κ3) is 3.61. The van der Waals surface area contributed by atoms with Gasteiger partial charge in [0.1, 0.15) is 0 Å². The fourth-order valence-corrected chi connectivity index (χ4v) is 3.49. The van der Waals surface area contributed by atoms with E-state index >= 15 is 0 Å². The fraction of sp³-hybridized carbons (Fsp3) is 0.350. The molecule has 1 aliphatic heterocycles. The van der Waals surface area contributed by atoms with Gasteiger partial charge in [-0.3, -0.25) is 9.88 Å². The third-order valence-corrected chi connectivity index (χ3v) is 4.73. The number of benzene rings is 1. The van der Waals surface area contributed by atoms with E-state index < -0.39 is 0 Å². The quantitative estimate of drug-likeness (QED) is 0.717. The van der Waals surface area contributed by atoms with Gasteiger partial charge < -0.3 is 4.52 Å². The normalized spacial score (nSPS) is 18.4. The summed E-state index contributed by atoms with van der Waals surface area (Å²) in [5.41, 5.74) is 3.51. The van der Waals surface area contributed by atoms with E-state index in [0.717, 1.165) is 25.1 Å². The topological polar surface area (TPSA) is 55.1 Å². The van der Waals surface area contributed by atoms with Crippen LogP contribution in [0.3, 0.4) is 0 Å². The van der Waals surface area contributed by atoms with E-state index in [1.165, 1.54) is 24.0 Å². The number of hydrogen-bond donors (Lipinski definition) is 0. The van der Waals surface area contributed by atoms with Gasteiger partial charge in [-0.05, 0) is 44.0 Å². The Morgan fingerprint density at radius 2 is 2.16 bits per heavy atom. The zero-order valence-electron chi connectivity index (χ0n) is 14.4. The minimum atomic E-state index is 0.187. The van der Waals surface area contributed by atoms with Gasteiger partial charge in [-0.25, -0.2) is 0 Å². The van der Waals surface area contributed by atoms with E-state index in [1.54, 1.807) is 12.4 Å². The zero-order chi connectivity index (χ0) is 17.1. The van der Waals surface area contributed by atoms with Gasteiger partial charge in [0.2, 0.25) is 11.7 Å². The van der Waals surface area contributed by atoms with Crippen LogP contribution in [0.1, 0.15) is 42.3 Å². The standard InChI is InChI=1S/C20H22N4O/c1-15-6-4-7-16(12-15)14-24-11-3-2-9-18(24)20-22-19(23-25-20)17-8-5-10-21-13-17/h4-8,10,12-13,18H,2-3,9,11,14H2,1H3/t18-/m0/s1. The van der Waals surface area contributed by atoms with Crippen molar-refractivity contribution < 1.29 is 4.52 Å². The highest BCUT2D eigenvalue weighted by Gasteiger charge is 2.29. The first-order valence-electron chi connectivity index (χ1n) is 8.83. The molecule has 2 aromatic heterocycles. The van der Waals surface area contributed by atoms with Crippen LogP contribution in [0.25, 0.3) is 11.4 Å². The fourth-order valence-electron chi connectivity index (χ4n) is 3.49. The minimum absolute atomic E-state index is 0.187. The Kier molecular flexibility index (Phi) is 4.57. The van der Waals surface area contributed by atoms with Gasteiger partial charge in [-0.2, -0.15) is 4.98 Å². The number of aryl methyl sites for hydroxylation is 1. The summed E-state index contributed by atoms with van der Waals surface area (Å²) < 4.78 is 5.62. The Labute approximate surface area is 147 Å². The number of nitrogens with zero attached hydrogens (tertiary/aromatic N) is 4. The van der Waals surface area contributed by atoms with Gasteiger partial charge in [0.25, 0.3) is 0 Å². The number of hydrogen-bond acceptors (Lipinski definition) is 5. The van der Waals surface area contributed by atoms with Gasteiger partial charge in [0.05, 0.1) is 6.04 Å². The summed E-state index contributed by atoms with van der Waals surface area (Å²) in [4.78, 5) is 11.2. The van der Waals surface area contributed by atoms with Gasteiger partial charge >= 0.3 is 0 Å². The summed E-state index contributed by atoms with van der Waals surface area (Å²) in [6, 6.07) is 12.7. The maximum atomic E-state index is 5.62. The second-order valence-corrected chi connectivity index (χ2v) is 6.67. The predicted octanol–water partition coefficient (Wildman–Crippen LogP) is 4.17. The van der Waals surface area contributed by atoms with Crippen molar-refractivity contribution in [1.29, 1.82) is 0 Å². The van der Waals surface area contributed by atoms with Crippen LogP contribution >= 0.6 is 0 Å². The van der Waals surface area contributed by atoms with E-state index in [0.29, 0.717) is 11.7 Å². The van der Waals surface area contributed by atoms with Crippen LogP contribution in [0, 0.1) is 6.92 Å². The molecular formula is C20H22N4O. The molecule has 1 aliphatic rings. The lowest BCUT2D eigenvalue weighted by atomic mass is 10.0. The molecule has 0 amide bonds. The second-order valence-electron chi connectivity index (χ2n) is 6.67. The number of aromatic nitrogens is 3. The molecule has 0 radical (unpaired) electrons. The summed E-state index contributed by atoms with van der Waals surface area (Å²) in [6.45, 7) is 4.11. The molecule has 128 valence electrons. The molecule has 1 saturated heterocycles. The molecule has 3 heterocycles. The van der Waals surface area contributed by atoms with Gasteiger partial charge in [0, 0.05) is 24.5 Å². The number of likely N-dealkylation sites (tertiary alicyclic amines) is 1. The third-order valence-electron chi connectivity index (χ3n) is 4.73. The van der Waals surface area contributed by atoms with Gasteiger partial charge in [0.15, 0.2) is 0 Å². The smallest absolute Gasteiger partial charge is 0.244 e. The summed E-state index contributed by atoms with van der Waals surface area (Å²) in [7, 11) is 0. The SMILES string of the molecule is Cc1cccc(CN2CCCC[C@H]2c2nc(-c3cccnc3)no2)c1. The van der Waals surface area contributed by atoms with Crippen molar-refractivity contribution >= 4 is 0 Å². The molecule has 0 N–H and O–H groups in total. The Balaban J connectivity index is 1.56. The first-order valence-corrected chi connectivity index (χ1v) is 8.83. The van der Waals surface area contributed by atoms with Gasteiger partial charge in [-0.15, -0.1) is 0 Å². The van der Waals surface area contributed by atoms with Crippen LogP contribution < -0.4 is 0 Å². The molecule has 1 atom stereocenters. The summed E-state index contributed by atoms with van der Waals surface area (Å²) in [5, 5.41) is 4.16. The Hall–Kier alpha value is -2.53. The molecular weight excluding hydrogens is 312 g/mol. The van der Waals surface area contributed by atoms with Crippen molar-refractivity contribution in [3.05, 3.63) is 65.8 Å². The highest BCUT2D eigenvalue weighted by atomic mass is 16.5. The molecule has 0 saturated carbocycles. The highest BCUT2D eigenvalue weighted by Crippen LogP contribution is 2.32. The predicted molar refractivity (Wildman–Crippen MR) is 95.7 cm³/mol. The number of piperidine rings is 1. The van der Waals surface area contributed by atoms with E-state index in [2.05, 4.69) is 51.2 Å². The molecule has 0 aliphatic carbocycles. The van der Waals surface area contributed by atoms with E-state index in [9.17, 15) is 0 Å². The minimum Gasteiger partial charge on any atom is -0.337 e. The largest absolute Gasteiger partial charge is 0.337 e. The summed E-state index contributed by atoms with van der Waals surface area (Å²) >= 11 is 0. The Bertz CT molecular complexity index is 830. The van der Waals surface area contributed by atoms with Crippen molar-refractivity contribution in [2.24, 2.45) is 0 Å². The lowest BCUT2D eigenvalue weighted by molar-refractivity contribution is 0.111. The molecule has 0 spiro atoms. The van der Waals surface area contributed by atoms with Crippen LogP contribution in [0.4, 0.5) is 0 Å². The van der Waals surface area contributed by atoms with Crippen molar-refractivity contribution in [1.82, 2.24) is 20.0 Å². The molecule has 25 heavy (non-hydrogen) atoms. The first kappa shape index (κ1) is 16.0. The Morgan fingerprint density at radius 1 is 1.20 bits per heavy atom. The Morgan fingerprint density at radius 3 is 3.00 bits per heavy atom. The molecule has 1 fully saturated rings. The lowest BCUT2D eigenvalue weighted by Crippen LogP contribution is -2.33. The highest BCUT2D eigenvalue weighted by molar-refractivity contribution is 5.51. The summed E-state index contributed by atoms with van der Waals surface area (Å²) in [6.07, 6.45) is 6.97. The molecule has 1 aromatic carbocycles. The molecule has 0 unspecified atom stereocenters. The average Bonchev–Trinajstić information content (AvgIpc) is 3.13. The van der Waals surface area contributed by atoms with E-state index in [4.69, 9.17) is 4.52 Å². The van der Waals surface area contributed by atoms with Crippen LogP contribution in [0.2, 0.25) is 0 Å². The summed E-state index contributed by atoms with van der Waals surface area (Å²) in [5.74, 6) is 1.33. The van der Waals surface area contributed by atoms with E-state index in [1.807, 2.05) is 12.1 Å². The van der Waals surface area contributed by atoms with E-state index in [-0.39, 0.29) is 6.04 Å². The maximum absolute atomic E-state index is 5.62. The molecule has 3 aromatic rings. The van der Waals surface area contributed by atoms with Crippen LogP contribution in [-0.2, 0) is 6.54 Å². The first-order chi connectivity index (χ1) is 12.3. The molecule has 0 bridgehead atoms. The second kappa shape index (κ2) is 7.15. The van der Waals surface area contributed by atoms with Crippen LogP contribution in [-0.4, -0.2) is 26.6 Å². The van der Waals surface area contributed by atoms with Crippen molar-refractivity contribution in [3.8, 4) is 11.4 Å². The monoisotopic (exact) mass is 334 g/mol. The van der Waals surface area contributed by atoms with Crippen molar-refractivity contribution in [2.75, 3.05) is 6.54 Å². The zero-order valence-corrected chi connectivity index (χ0v) is 14.4. The van der Waals surface area contributed by atoms with Crippen LogP contribution in [0.15, 0.2) is 53.3 Å². The van der Waals surface area contributed by atoms with Crippen LogP contribution in [0.5, 0.6) is 0 Å². The van der Waals surface area contributed by atoms with Gasteiger partial charge in [-0.1, -0.05) is 41.4 Å². The van der Waals surface area contributed by atoms with Crippen molar-refractivity contribution in [3.63, 3.8) is 0 Å². The average molecular weight is 334 g/mol. The number of rotatable bonds is 4. The maximum Gasteiger partial charge on any atom is 0.244 e. The number of pyridine rings is 1. The molecule has 5 heteroatoms.